The quantitative estimate of drug-likeness (QED) is 0.320. The standard InChI is InChI=1S/C25H19ClN4O2/c26-16-6-11-19-20(14-16)25(32)30-23-22(19)21(12-13-27-23)28-17-7-9-18(10-8-17)29-24(31)15-4-2-1-3-5-15/h1-14,25,32H,(H,29,31)(H2,27,28,30). The van der Waals surface area contributed by atoms with E-state index in [0.717, 1.165) is 22.5 Å². The zero-order valence-corrected chi connectivity index (χ0v) is 17.6. The highest BCUT2D eigenvalue weighted by molar-refractivity contribution is 6.30. The second-order valence-electron chi connectivity index (χ2n) is 7.38. The molecule has 6 nitrogen and oxygen atoms in total. The predicted octanol–water partition coefficient (Wildman–Crippen LogP) is 5.81. The van der Waals surface area contributed by atoms with Gasteiger partial charge in [-0.05, 0) is 60.2 Å². The number of amides is 1. The molecule has 1 aliphatic heterocycles. The molecule has 7 heteroatoms. The fourth-order valence-corrected chi connectivity index (χ4v) is 3.91. The summed E-state index contributed by atoms with van der Waals surface area (Å²) in [7, 11) is 0. The van der Waals surface area contributed by atoms with Crippen LogP contribution in [0.1, 0.15) is 22.1 Å². The smallest absolute Gasteiger partial charge is 0.255 e. The van der Waals surface area contributed by atoms with Crippen molar-refractivity contribution in [3.8, 4) is 11.1 Å². The molecule has 3 aromatic carbocycles. The third kappa shape index (κ3) is 3.89. The monoisotopic (exact) mass is 442 g/mol. The molecular weight excluding hydrogens is 424 g/mol. The molecule has 1 aliphatic rings. The highest BCUT2D eigenvalue weighted by atomic mass is 35.5. The third-order valence-corrected chi connectivity index (χ3v) is 5.49. The Hall–Kier alpha value is -3.87. The van der Waals surface area contributed by atoms with E-state index in [2.05, 4.69) is 20.9 Å². The van der Waals surface area contributed by atoms with Crippen LogP contribution in [-0.2, 0) is 0 Å². The number of carbonyl (C=O) groups excluding carboxylic acids is 1. The van der Waals surface area contributed by atoms with Gasteiger partial charge in [0.1, 0.15) is 5.82 Å². The Kier molecular flexibility index (Phi) is 5.23. The first-order valence-corrected chi connectivity index (χ1v) is 10.4. The first-order chi connectivity index (χ1) is 15.6. The van der Waals surface area contributed by atoms with E-state index >= 15 is 0 Å². The number of benzene rings is 3. The Labute approximate surface area is 189 Å². The highest BCUT2D eigenvalue weighted by Gasteiger charge is 2.26. The van der Waals surface area contributed by atoms with Gasteiger partial charge in [0, 0.05) is 39.3 Å². The molecule has 158 valence electrons. The van der Waals surface area contributed by atoms with Gasteiger partial charge in [-0.3, -0.25) is 4.79 Å². The number of nitrogens with one attached hydrogen (secondary N) is 3. The highest BCUT2D eigenvalue weighted by Crippen LogP contribution is 2.44. The SMILES string of the molecule is O=C(Nc1ccc(Nc2ccnc3c2-c2ccc(Cl)cc2C(O)N3)cc1)c1ccccc1. The number of hydrogen-bond donors (Lipinski definition) is 4. The van der Waals surface area contributed by atoms with Crippen molar-refractivity contribution in [3.63, 3.8) is 0 Å². The average molecular weight is 443 g/mol. The molecule has 4 aromatic rings. The molecule has 32 heavy (non-hydrogen) atoms. The Morgan fingerprint density at radius 1 is 0.969 bits per heavy atom. The molecule has 0 bridgehead atoms. The van der Waals surface area contributed by atoms with E-state index in [1.54, 1.807) is 30.5 Å². The maximum Gasteiger partial charge on any atom is 0.255 e. The molecular formula is C25H19ClN4O2. The summed E-state index contributed by atoms with van der Waals surface area (Å²) in [5.41, 5.74) is 5.39. The van der Waals surface area contributed by atoms with Crippen LogP contribution in [0.2, 0.25) is 5.02 Å². The van der Waals surface area contributed by atoms with Crippen molar-refractivity contribution in [2.45, 2.75) is 6.23 Å². The molecule has 5 rings (SSSR count). The minimum Gasteiger partial charge on any atom is -0.369 e. The van der Waals surface area contributed by atoms with Gasteiger partial charge in [0.2, 0.25) is 0 Å². The van der Waals surface area contributed by atoms with Crippen LogP contribution in [0.3, 0.4) is 0 Å². The molecule has 0 fully saturated rings. The van der Waals surface area contributed by atoms with Crippen molar-refractivity contribution in [2.75, 3.05) is 16.0 Å². The van der Waals surface area contributed by atoms with Gasteiger partial charge in [-0.2, -0.15) is 0 Å². The second kappa shape index (κ2) is 8.34. The van der Waals surface area contributed by atoms with Crippen LogP contribution in [0.15, 0.2) is 85.1 Å². The third-order valence-electron chi connectivity index (χ3n) is 5.26. The van der Waals surface area contributed by atoms with Gasteiger partial charge in [0.05, 0.1) is 5.69 Å². The number of rotatable bonds is 4. The van der Waals surface area contributed by atoms with E-state index in [0.29, 0.717) is 27.7 Å². The lowest BCUT2D eigenvalue weighted by Crippen LogP contribution is -2.18. The summed E-state index contributed by atoms with van der Waals surface area (Å²) in [6.07, 6.45) is 0.794. The number of hydrogen-bond acceptors (Lipinski definition) is 5. The second-order valence-corrected chi connectivity index (χ2v) is 7.82. The van der Waals surface area contributed by atoms with Crippen LogP contribution in [0.4, 0.5) is 22.9 Å². The van der Waals surface area contributed by atoms with E-state index in [1.165, 1.54) is 0 Å². The topological polar surface area (TPSA) is 86.3 Å². The van der Waals surface area contributed by atoms with Gasteiger partial charge < -0.3 is 21.1 Å². The van der Waals surface area contributed by atoms with Crippen LogP contribution in [0.25, 0.3) is 11.1 Å². The van der Waals surface area contributed by atoms with E-state index in [9.17, 15) is 9.90 Å². The van der Waals surface area contributed by atoms with E-state index in [-0.39, 0.29) is 5.91 Å². The van der Waals surface area contributed by atoms with Crippen molar-refractivity contribution >= 4 is 40.4 Å². The molecule has 1 amide bonds. The number of carbonyl (C=O) groups is 1. The summed E-state index contributed by atoms with van der Waals surface area (Å²) in [6.45, 7) is 0. The number of nitrogens with zero attached hydrogens (tertiary/aromatic N) is 1. The Morgan fingerprint density at radius 3 is 2.50 bits per heavy atom. The van der Waals surface area contributed by atoms with E-state index < -0.39 is 6.23 Å². The minimum atomic E-state index is -0.883. The van der Waals surface area contributed by atoms with Crippen LogP contribution in [0, 0.1) is 0 Å². The minimum absolute atomic E-state index is 0.158. The zero-order chi connectivity index (χ0) is 22.1. The van der Waals surface area contributed by atoms with Crippen LogP contribution in [0.5, 0.6) is 0 Å². The lowest BCUT2D eigenvalue weighted by atomic mass is 9.94. The molecule has 1 unspecified atom stereocenters. The molecule has 4 N–H and O–H groups in total. The van der Waals surface area contributed by atoms with Crippen molar-refractivity contribution in [1.29, 1.82) is 0 Å². The Bertz CT molecular complexity index is 1290. The largest absolute Gasteiger partial charge is 0.369 e. The molecule has 2 heterocycles. The van der Waals surface area contributed by atoms with Gasteiger partial charge in [-0.25, -0.2) is 4.98 Å². The summed E-state index contributed by atoms with van der Waals surface area (Å²) >= 11 is 6.13. The van der Waals surface area contributed by atoms with Crippen molar-refractivity contribution in [3.05, 3.63) is 101 Å². The van der Waals surface area contributed by atoms with Crippen LogP contribution < -0.4 is 16.0 Å². The summed E-state index contributed by atoms with van der Waals surface area (Å²) in [4.78, 5) is 16.7. The first kappa shape index (κ1) is 20.1. The number of anilines is 4. The number of halogens is 1. The number of pyridine rings is 1. The summed E-state index contributed by atoms with van der Waals surface area (Å²) in [5.74, 6) is 0.429. The fraction of sp³-hybridized carbons (Fsp3) is 0.0400. The van der Waals surface area contributed by atoms with Crippen molar-refractivity contribution < 1.29 is 9.90 Å². The normalized spacial score (nSPS) is 14.0. The number of aliphatic hydroxyl groups is 1. The van der Waals surface area contributed by atoms with Crippen molar-refractivity contribution in [1.82, 2.24) is 4.98 Å². The van der Waals surface area contributed by atoms with Gasteiger partial charge in [-0.1, -0.05) is 35.9 Å². The lowest BCUT2D eigenvalue weighted by Gasteiger charge is -2.27. The molecule has 1 atom stereocenters. The number of aliphatic hydroxyl groups excluding tert-OH is 1. The van der Waals surface area contributed by atoms with Crippen LogP contribution >= 0.6 is 11.6 Å². The Balaban J connectivity index is 1.40. The van der Waals surface area contributed by atoms with Gasteiger partial charge in [0.25, 0.3) is 5.91 Å². The predicted molar refractivity (Wildman–Crippen MR) is 127 cm³/mol. The maximum absolute atomic E-state index is 12.3. The lowest BCUT2D eigenvalue weighted by molar-refractivity contribution is 0.102. The number of fused-ring (bicyclic) bond motifs is 3. The van der Waals surface area contributed by atoms with Gasteiger partial charge in [-0.15, -0.1) is 0 Å². The molecule has 0 spiro atoms. The van der Waals surface area contributed by atoms with E-state index in [1.807, 2.05) is 54.6 Å². The summed E-state index contributed by atoms with van der Waals surface area (Å²) in [6, 6.07) is 23.8. The van der Waals surface area contributed by atoms with Gasteiger partial charge >= 0.3 is 0 Å². The molecule has 0 aliphatic carbocycles. The summed E-state index contributed by atoms with van der Waals surface area (Å²) < 4.78 is 0. The van der Waals surface area contributed by atoms with Gasteiger partial charge in [0.15, 0.2) is 6.23 Å². The van der Waals surface area contributed by atoms with Crippen LogP contribution in [-0.4, -0.2) is 16.0 Å². The van der Waals surface area contributed by atoms with Crippen molar-refractivity contribution in [2.24, 2.45) is 0 Å². The molecule has 1 aromatic heterocycles. The maximum atomic E-state index is 12.3. The summed E-state index contributed by atoms with van der Waals surface area (Å²) in [5, 5.41) is 20.3. The fourth-order valence-electron chi connectivity index (χ4n) is 3.73. The molecule has 0 saturated carbocycles. The first-order valence-electron chi connectivity index (χ1n) is 10.1. The van der Waals surface area contributed by atoms with E-state index in [4.69, 9.17) is 11.6 Å². The average Bonchev–Trinajstić information content (AvgIpc) is 2.81. The molecule has 0 saturated heterocycles. The Morgan fingerprint density at radius 2 is 1.72 bits per heavy atom. The number of aromatic nitrogens is 1. The molecule has 0 radical (unpaired) electrons. The zero-order valence-electron chi connectivity index (χ0n) is 16.8.